The number of ether oxygens (including phenoxy) is 2. The van der Waals surface area contributed by atoms with E-state index < -0.39 is 5.97 Å². The molecule has 1 aliphatic rings. The maximum absolute atomic E-state index is 13.6. The van der Waals surface area contributed by atoms with Crippen LogP contribution in [0.5, 0.6) is 0 Å². The maximum Gasteiger partial charge on any atom is 0.338 e. The van der Waals surface area contributed by atoms with Crippen molar-refractivity contribution in [1.82, 2.24) is 4.98 Å². The van der Waals surface area contributed by atoms with Crippen LogP contribution in [0.1, 0.15) is 33.6 Å². The number of carbonyl (C=O) groups excluding carboxylic acids is 2. The molecule has 1 aliphatic heterocycles. The van der Waals surface area contributed by atoms with Crippen molar-refractivity contribution in [2.24, 2.45) is 0 Å². The Morgan fingerprint density at radius 3 is 2.79 bits per heavy atom. The Morgan fingerprint density at radius 2 is 2.07 bits per heavy atom. The topological polar surface area (TPSA) is 68.7 Å². The molecule has 1 atom stereocenters. The lowest BCUT2D eigenvalue weighted by atomic mass is 10.1. The zero-order valence-corrected chi connectivity index (χ0v) is 16.6. The summed E-state index contributed by atoms with van der Waals surface area (Å²) in [5.41, 5.74) is 1.02. The first-order chi connectivity index (χ1) is 14.1. The molecule has 0 aliphatic carbocycles. The Hall–Kier alpha value is -2.84. The van der Waals surface area contributed by atoms with Crippen LogP contribution in [-0.2, 0) is 9.47 Å². The van der Waals surface area contributed by atoms with E-state index in [1.54, 1.807) is 30.3 Å². The van der Waals surface area contributed by atoms with Crippen LogP contribution < -0.4 is 4.90 Å². The number of anilines is 1. The first-order valence-corrected chi connectivity index (χ1v) is 10.1. The van der Waals surface area contributed by atoms with Gasteiger partial charge in [-0.1, -0.05) is 23.5 Å². The molecule has 0 radical (unpaired) electrons. The van der Waals surface area contributed by atoms with Crippen LogP contribution in [0.15, 0.2) is 42.5 Å². The lowest BCUT2D eigenvalue weighted by molar-refractivity contribution is 0.0596. The SMILES string of the molecule is COC(=O)c1ccccc1C(=O)N(CC1CCCO1)c1nc2ccc(F)cc2s1. The molecule has 3 aromatic rings. The molecular weight excluding hydrogens is 395 g/mol. The van der Waals surface area contributed by atoms with Crippen molar-refractivity contribution in [3.63, 3.8) is 0 Å². The standard InChI is InChI=1S/C21H19FN2O4S/c1-27-20(26)16-7-3-2-6-15(16)19(25)24(12-14-5-4-10-28-14)21-23-17-9-8-13(22)11-18(17)29-21/h2-3,6-9,11,14H,4-5,10,12H2,1H3. The number of hydrogen-bond donors (Lipinski definition) is 0. The van der Waals surface area contributed by atoms with Gasteiger partial charge in [-0.15, -0.1) is 0 Å². The summed E-state index contributed by atoms with van der Waals surface area (Å²) in [6.45, 7) is 0.952. The summed E-state index contributed by atoms with van der Waals surface area (Å²) in [6.07, 6.45) is 1.64. The van der Waals surface area contributed by atoms with E-state index in [2.05, 4.69) is 4.98 Å². The molecule has 1 aromatic heterocycles. The number of fused-ring (bicyclic) bond motifs is 1. The van der Waals surface area contributed by atoms with Gasteiger partial charge in [0.25, 0.3) is 5.91 Å². The first kappa shape index (κ1) is 19.5. The molecule has 4 rings (SSSR count). The van der Waals surface area contributed by atoms with E-state index in [0.717, 1.165) is 12.8 Å². The number of rotatable bonds is 5. The fourth-order valence-electron chi connectivity index (χ4n) is 3.34. The van der Waals surface area contributed by atoms with E-state index in [9.17, 15) is 14.0 Å². The van der Waals surface area contributed by atoms with Crippen LogP contribution in [0.4, 0.5) is 9.52 Å². The Kier molecular flexibility index (Phi) is 5.55. The molecule has 1 saturated heterocycles. The van der Waals surface area contributed by atoms with Gasteiger partial charge in [-0.25, -0.2) is 14.2 Å². The number of halogens is 1. The first-order valence-electron chi connectivity index (χ1n) is 9.23. The van der Waals surface area contributed by atoms with Crippen molar-refractivity contribution < 1.29 is 23.5 Å². The van der Waals surface area contributed by atoms with Gasteiger partial charge in [0.05, 0.1) is 41.1 Å². The smallest absolute Gasteiger partial charge is 0.338 e. The maximum atomic E-state index is 13.6. The number of methoxy groups -OCH3 is 1. The number of esters is 1. The van der Waals surface area contributed by atoms with Gasteiger partial charge >= 0.3 is 5.97 Å². The third-order valence-electron chi connectivity index (χ3n) is 4.79. The lowest BCUT2D eigenvalue weighted by Crippen LogP contribution is -2.38. The molecule has 2 heterocycles. The summed E-state index contributed by atoms with van der Waals surface area (Å²) >= 11 is 1.23. The van der Waals surface area contributed by atoms with E-state index >= 15 is 0 Å². The molecule has 1 unspecified atom stereocenters. The minimum Gasteiger partial charge on any atom is -0.465 e. The van der Waals surface area contributed by atoms with Gasteiger partial charge in [-0.2, -0.15) is 0 Å². The van der Waals surface area contributed by atoms with Crippen molar-refractivity contribution >= 4 is 38.6 Å². The van der Waals surface area contributed by atoms with Crippen LogP contribution in [0.3, 0.4) is 0 Å². The second-order valence-corrected chi connectivity index (χ2v) is 7.71. The third-order valence-corrected chi connectivity index (χ3v) is 5.83. The molecule has 6 nitrogen and oxygen atoms in total. The number of benzene rings is 2. The number of aromatic nitrogens is 1. The minimum atomic E-state index is -0.586. The molecule has 0 N–H and O–H groups in total. The normalized spacial score (nSPS) is 16.1. The Bertz CT molecular complexity index is 1060. The van der Waals surface area contributed by atoms with E-state index in [1.807, 2.05) is 0 Å². The molecule has 0 bridgehead atoms. The monoisotopic (exact) mass is 414 g/mol. The number of amides is 1. The zero-order valence-electron chi connectivity index (χ0n) is 15.8. The van der Waals surface area contributed by atoms with Crippen molar-refractivity contribution in [2.75, 3.05) is 25.2 Å². The summed E-state index contributed by atoms with van der Waals surface area (Å²) in [5.74, 6) is -1.32. The van der Waals surface area contributed by atoms with Crippen molar-refractivity contribution in [3.05, 3.63) is 59.4 Å². The summed E-state index contributed by atoms with van der Waals surface area (Å²) in [4.78, 5) is 31.7. The molecule has 0 saturated carbocycles. The van der Waals surface area contributed by atoms with Crippen molar-refractivity contribution in [1.29, 1.82) is 0 Å². The molecule has 1 fully saturated rings. The predicted molar refractivity (Wildman–Crippen MR) is 108 cm³/mol. The fraction of sp³-hybridized carbons (Fsp3) is 0.286. The van der Waals surface area contributed by atoms with Crippen LogP contribution in [0.2, 0.25) is 0 Å². The van der Waals surface area contributed by atoms with Gasteiger partial charge in [0.15, 0.2) is 5.13 Å². The second-order valence-electron chi connectivity index (χ2n) is 6.70. The third kappa shape index (κ3) is 3.99. The molecule has 2 aromatic carbocycles. The summed E-state index contributed by atoms with van der Waals surface area (Å²) in [7, 11) is 1.27. The van der Waals surface area contributed by atoms with Crippen LogP contribution in [-0.4, -0.2) is 43.2 Å². The van der Waals surface area contributed by atoms with Crippen LogP contribution in [0, 0.1) is 5.82 Å². The highest BCUT2D eigenvalue weighted by Crippen LogP contribution is 2.31. The van der Waals surface area contributed by atoms with E-state index in [0.29, 0.717) is 28.5 Å². The van der Waals surface area contributed by atoms with Gasteiger partial charge in [0, 0.05) is 6.61 Å². The lowest BCUT2D eigenvalue weighted by Gasteiger charge is -2.23. The van der Waals surface area contributed by atoms with Crippen molar-refractivity contribution in [2.45, 2.75) is 18.9 Å². The van der Waals surface area contributed by atoms with E-state index in [-0.39, 0.29) is 29.0 Å². The molecule has 150 valence electrons. The minimum absolute atomic E-state index is 0.118. The number of thiazole rings is 1. The highest BCUT2D eigenvalue weighted by atomic mass is 32.1. The Labute approximate surface area is 170 Å². The van der Waals surface area contributed by atoms with E-state index in [1.165, 1.54) is 35.5 Å². The molecule has 8 heteroatoms. The average Bonchev–Trinajstić information content (AvgIpc) is 3.40. The number of hydrogen-bond acceptors (Lipinski definition) is 6. The van der Waals surface area contributed by atoms with Gasteiger partial charge in [-0.3, -0.25) is 9.69 Å². The van der Waals surface area contributed by atoms with Gasteiger partial charge in [-0.05, 0) is 43.2 Å². The quantitative estimate of drug-likeness (QED) is 0.589. The van der Waals surface area contributed by atoms with Crippen LogP contribution >= 0.6 is 11.3 Å². The Balaban J connectivity index is 1.75. The molecule has 0 spiro atoms. The zero-order chi connectivity index (χ0) is 20.4. The summed E-state index contributed by atoms with van der Waals surface area (Å²) in [5, 5.41) is 0.436. The molecule has 29 heavy (non-hydrogen) atoms. The fourth-order valence-corrected chi connectivity index (χ4v) is 4.34. The Morgan fingerprint density at radius 1 is 1.28 bits per heavy atom. The van der Waals surface area contributed by atoms with E-state index in [4.69, 9.17) is 9.47 Å². The summed E-state index contributed by atoms with van der Waals surface area (Å²) < 4.78 is 24.8. The average molecular weight is 414 g/mol. The highest BCUT2D eigenvalue weighted by Gasteiger charge is 2.29. The van der Waals surface area contributed by atoms with Gasteiger partial charge in [0.1, 0.15) is 5.82 Å². The highest BCUT2D eigenvalue weighted by molar-refractivity contribution is 7.22. The van der Waals surface area contributed by atoms with Crippen molar-refractivity contribution in [3.8, 4) is 0 Å². The van der Waals surface area contributed by atoms with Gasteiger partial charge in [0.2, 0.25) is 0 Å². The molecular formula is C21H19FN2O4S. The van der Waals surface area contributed by atoms with Gasteiger partial charge < -0.3 is 9.47 Å². The molecule has 1 amide bonds. The number of carbonyl (C=O) groups is 2. The number of nitrogens with zero attached hydrogens (tertiary/aromatic N) is 2. The largest absolute Gasteiger partial charge is 0.465 e. The van der Waals surface area contributed by atoms with Crippen LogP contribution in [0.25, 0.3) is 10.2 Å². The summed E-state index contributed by atoms with van der Waals surface area (Å²) in [6, 6.07) is 10.8. The predicted octanol–water partition coefficient (Wildman–Crippen LogP) is 4.05. The second kappa shape index (κ2) is 8.26.